The summed E-state index contributed by atoms with van der Waals surface area (Å²) in [7, 11) is 0. The molecule has 0 bridgehead atoms. The third-order valence-electron chi connectivity index (χ3n) is 3.43. The maximum absolute atomic E-state index is 11.2. The van der Waals surface area contributed by atoms with Gasteiger partial charge in [0.1, 0.15) is 0 Å². The van der Waals surface area contributed by atoms with Gasteiger partial charge < -0.3 is 0 Å². The zero-order valence-electron chi connectivity index (χ0n) is 10.8. The fourth-order valence-electron chi connectivity index (χ4n) is 2.51. The van der Waals surface area contributed by atoms with Crippen LogP contribution in [0.15, 0.2) is 6.20 Å². The highest BCUT2D eigenvalue weighted by Crippen LogP contribution is 2.21. The lowest BCUT2D eigenvalue weighted by Crippen LogP contribution is -2.31. The van der Waals surface area contributed by atoms with E-state index in [9.17, 15) is 4.79 Å². The second-order valence-electron chi connectivity index (χ2n) is 5.03. The van der Waals surface area contributed by atoms with Gasteiger partial charge in [-0.25, -0.2) is 5.84 Å². The van der Waals surface area contributed by atoms with Crippen LogP contribution >= 0.6 is 0 Å². The van der Waals surface area contributed by atoms with Gasteiger partial charge in [0.2, 0.25) is 0 Å². The molecule has 7 heteroatoms. The van der Waals surface area contributed by atoms with Crippen LogP contribution in [-0.4, -0.2) is 44.9 Å². The summed E-state index contributed by atoms with van der Waals surface area (Å²) in [4.78, 5) is 13.7. The molecule has 18 heavy (non-hydrogen) atoms. The van der Waals surface area contributed by atoms with E-state index in [2.05, 4.69) is 29.1 Å². The highest BCUT2D eigenvalue weighted by molar-refractivity contribution is 5.91. The standard InChI is InChI=1S/C11H20N6O/c1-8-5-9(2)16(6-8)3-4-17-7-10(14-15-17)11(18)13-12/h7-9H,3-6,12H2,1-2H3,(H,13,18). The molecule has 1 aromatic rings. The molecule has 100 valence electrons. The number of nitrogen functional groups attached to an aromatic ring is 1. The summed E-state index contributed by atoms with van der Waals surface area (Å²) in [5, 5.41) is 7.68. The van der Waals surface area contributed by atoms with Crippen LogP contribution in [0.4, 0.5) is 0 Å². The molecule has 1 aromatic heterocycles. The summed E-state index contributed by atoms with van der Waals surface area (Å²) in [5.74, 6) is 5.38. The number of nitrogens with zero attached hydrogens (tertiary/aromatic N) is 4. The van der Waals surface area contributed by atoms with E-state index in [-0.39, 0.29) is 5.69 Å². The van der Waals surface area contributed by atoms with Crippen molar-refractivity contribution in [2.75, 3.05) is 13.1 Å². The molecule has 1 aliphatic heterocycles. The molecule has 1 saturated heterocycles. The van der Waals surface area contributed by atoms with Gasteiger partial charge in [-0.05, 0) is 19.3 Å². The number of nitrogens with two attached hydrogens (primary N) is 1. The van der Waals surface area contributed by atoms with Gasteiger partial charge in [0.05, 0.1) is 12.7 Å². The first-order valence-electron chi connectivity index (χ1n) is 6.25. The summed E-state index contributed by atoms with van der Waals surface area (Å²) in [6, 6.07) is 0.621. The number of aromatic nitrogens is 3. The second kappa shape index (κ2) is 5.45. The van der Waals surface area contributed by atoms with Gasteiger partial charge in [0.15, 0.2) is 5.69 Å². The van der Waals surface area contributed by atoms with Crippen molar-refractivity contribution in [3.8, 4) is 0 Å². The molecule has 0 saturated carbocycles. The number of nitrogens with one attached hydrogen (secondary N) is 1. The number of carbonyl (C=O) groups is 1. The fourth-order valence-corrected chi connectivity index (χ4v) is 2.51. The van der Waals surface area contributed by atoms with E-state index in [0.29, 0.717) is 6.04 Å². The Bertz CT molecular complexity index is 417. The van der Waals surface area contributed by atoms with Crippen molar-refractivity contribution in [2.45, 2.75) is 32.9 Å². The molecule has 2 heterocycles. The first kappa shape index (κ1) is 13.0. The summed E-state index contributed by atoms with van der Waals surface area (Å²) >= 11 is 0. The molecule has 0 aliphatic carbocycles. The van der Waals surface area contributed by atoms with Gasteiger partial charge in [-0.2, -0.15) is 0 Å². The van der Waals surface area contributed by atoms with Crippen molar-refractivity contribution < 1.29 is 4.79 Å². The zero-order valence-corrected chi connectivity index (χ0v) is 10.8. The lowest BCUT2D eigenvalue weighted by Gasteiger charge is -2.20. The Labute approximate surface area is 106 Å². The van der Waals surface area contributed by atoms with Crippen LogP contribution in [0, 0.1) is 5.92 Å². The minimum atomic E-state index is -0.413. The average Bonchev–Trinajstić information content (AvgIpc) is 2.92. The number of likely N-dealkylation sites (tertiary alicyclic amines) is 1. The van der Waals surface area contributed by atoms with Gasteiger partial charge in [-0.15, -0.1) is 5.10 Å². The Morgan fingerprint density at radius 2 is 2.33 bits per heavy atom. The van der Waals surface area contributed by atoms with Crippen LogP contribution in [0.3, 0.4) is 0 Å². The van der Waals surface area contributed by atoms with E-state index in [0.717, 1.165) is 25.6 Å². The predicted molar refractivity (Wildman–Crippen MR) is 66.5 cm³/mol. The third kappa shape index (κ3) is 2.85. The Hall–Kier alpha value is -1.47. The van der Waals surface area contributed by atoms with Crippen molar-refractivity contribution in [2.24, 2.45) is 11.8 Å². The summed E-state index contributed by atoms with van der Waals surface area (Å²) in [6.07, 6.45) is 2.87. The third-order valence-corrected chi connectivity index (χ3v) is 3.43. The van der Waals surface area contributed by atoms with Gasteiger partial charge in [0, 0.05) is 19.1 Å². The predicted octanol–water partition coefficient (Wildman–Crippen LogP) is -0.388. The molecular weight excluding hydrogens is 232 g/mol. The first-order chi connectivity index (χ1) is 8.60. The lowest BCUT2D eigenvalue weighted by atomic mass is 10.1. The van der Waals surface area contributed by atoms with Crippen LogP contribution in [0.1, 0.15) is 30.8 Å². The number of hydrogen-bond donors (Lipinski definition) is 2. The van der Waals surface area contributed by atoms with Crippen LogP contribution in [0.2, 0.25) is 0 Å². The van der Waals surface area contributed by atoms with Crippen molar-refractivity contribution in [3.63, 3.8) is 0 Å². The van der Waals surface area contributed by atoms with E-state index in [1.54, 1.807) is 10.9 Å². The number of amides is 1. The molecule has 7 nitrogen and oxygen atoms in total. The Kier molecular flexibility index (Phi) is 3.93. The fraction of sp³-hybridized carbons (Fsp3) is 0.727. The Balaban J connectivity index is 1.87. The van der Waals surface area contributed by atoms with Gasteiger partial charge in [-0.1, -0.05) is 12.1 Å². The summed E-state index contributed by atoms with van der Waals surface area (Å²) in [5.41, 5.74) is 2.29. The minimum Gasteiger partial charge on any atom is -0.299 e. The molecule has 2 unspecified atom stereocenters. The number of hydrazine groups is 1. The van der Waals surface area contributed by atoms with Gasteiger partial charge in [-0.3, -0.25) is 19.8 Å². The Morgan fingerprint density at radius 3 is 2.94 bits per heavy atom. The molecule has 0 radical (unpaired) electrons. The minimum absolute atomic E-state index is 0.250. The van der Waals surface area contributed by atoms with E-state index in [1.807, 2.05) is 5.43 Å². The van der Waals surface area contributed by atoms with E-state index < -0.39 is 5.91 Å². The number of hydrogen-bond acceptors (Lipinski definition) is 5. The van der Waals surface area contributed by atoms with Crippen molar-refractivity contribution in [1.82, 2.24) is 25.3 Å². The molecule has 0 aromatic carbocycles. The van der Waals surface area contributed by atoms with E-state index in [1.165, 1.54) is 6.42 Å². The molecule has 0 spiro atoms. The van der Waals surface area contributed by atoms with E-state index >= 15 is 0 Å². The molecular formula is C11H20N6O. The highest BCUT2D eigenvalue weighted by atomic mass is 16.2. The second-order valence-corrected chi connectivity index (χ2v) is 5.03. The monoisotopic (exact) mass is 252 g/mol. The SMILES string of the molecule is CC1CC(C)N(CCn2cc(C(=O)NN)nn2)C1. The molecule has 1 aliphatic rings. The average molecular weight is 252 g/mol. The molecule has 1 amide bonds. The topological polar surface area (TPSA) is 89.1 Å². The summed E-state index contributed by atoms with van der Waals surface area (Å²) in [6.45, 7) is 7.32. The first-order valence-corrected chi connectivity index (χ1v) is 6.25. The summed E-state index contributed by atoms with van der Waals surface area (Å²) < 4.78 is 1.68. The molecule has 2 rings (SSSR count). The lowest BCUT2D eigenvalue weighted by molar-refractivity contribution is 0.0948. The zero-order chi connectivity index (χ0) is 13.1. The molecule has 3 N–H and O–H groups in total. The van der Waals surface area contributed by atoms with Crippen LogP contribution < -0.4 is 11.3 Å². The van der Waals surface area contributed by atoms with Crippen LogP contribution in [0.5, 0.6) is 0 Å². The normalized spacial score (nSPS) is 24.4. The largest absolute Gasteiger partial charge is 0.299 e. The molecule has 1 fully saturated rings. The van der Waals surface area contributed by atoms with Crippen molar-refractivity contribution in [1.29, 1.82) is 0 Å². The maximum atomic E-state index is 11.2. The highest BCUT2D eigenvalue weighted by Gasteiger charge is 2.25. The number of carbonyl (C=O) groups excluding carboxylic acids is 1. The smallest absolute Gasteiger partial charge is 0.287 e. The van der Waals surface area contributed by atoms with Crippen molar-refractivity contribution >= 4 is 5.91 Å². The van der Waals surface area contributed by atoms with Gasteiger partial charge >= 0.3 is 0 Å². The number of rotatable bonds is 4. The quantitative estimate of drug-likeness (QED) is 0.433. The van der Waals surface area contributed by atoms with Gasteiger partial charge in [0.25, 0.3) is 5.91 Å². The molecule has 2 atom stereocenters. The van der Waals surface area contributed by atoms with Crippen LogP contribution in [0.25, 0.3) is 0 Å². The Morgan fingerprint density at radius 1 is 1.56 bits per heavy atom. The van der Waals surface area contributed by atoms with E-state index in [4.69, 9.17) is 5.84 Å². The van der Waals surface area contributed by atoms with Crippen molar-refractivity contribution in [3.05, 3.63) is 11.9 Å². The maximum Gasteiger partial charge on any atom is 0.287 e. The van der Waals surface area contributed by atoms with Crippen LogP contribution in [-0.2, 0) is 6.54 Å².